The van der Waals surface area contributed by atoms with E-state index in [2.05, 4.69) is 4.74 Å². The summed E-state index contributed by atoms with van der Waals surface area (Å²) in [5.74, 6) is -1.35. The molecule has 2 aliphatic rings. The van der Waals surface area contributed by atoms with Crippen molar-refractivity contribution in [1.29, 1.82) is 0 Å². The molecular formula is C18H28O5. The van der Waals surface area contributed by atoms with Gasteiger partial charge in [0.1, 0.15) is 0 Å². The van der Waals surface area contributed by atoms with Crippen molar-refractivity contribution in [3.8, 4) is 0 Å². The van der Waals surface area contributed by atoms with Crippen LogP contribution >= 0.6 is 0 Å². The molecule has 1 saturated heterocycles. The Hall–Kier alpha value is -1.20. The molecule has 0 aromatic heterocycles. The number of Topliss-reactive ketones (excluding diaryl/α,β-unsaturated/α-hetero) is 1. The van der Waals surface area contributed by atoms with Gasteiger partial charge in [-0.3, -0.25) is 9.59 Å². The van der Waals surface area contributed by atoms with Gasteiger partial charge in [-0.1, -0.05) is 18.9 Å². The van der Waals surface area contributed by atoms with Crippen LogP contribution in [0.4, 0.5) is 0 Å². The molecule has 1 N–H and O–H groups in total. The van der Waals surface area contributed by atoms with Crippen molar-refractivity contribution in [3.63, 3.8) is 0 Å². The van der Waals surface area contributed by atoms with Gasteiger partial charge in [-0.2, -0.15) is 0 Å². The van der Waals surface area contributed by atoms with E-state index in [-0.39, 0.29) is 17.7 Å². The van der Waals surface area contributed by atoms with Crippen molar-refractivity contribution in [2.75, 3.05) is 13.7 Å². The molecule has 0 saturated carbocycles. The van der Waals surface area contributed by atoms with Gasteiger partial charge in [-0.15, -0.1) is 0 Å². The Morgan fingerprint density at radius 3 is 2.83 bits per heavy atom. The van der Waals surface area contributed by atoms with Gasteiger partial charge < -0.3 is 14.6 Å². The molecule has 2 atom stereocenters. The van der Waals surface area contributed by atoms with E-state index in [1.807, 2.05) is 6.08 Å². The number of unbranched alkanes of at least 4 members (excludes halogenated alkanes) is 3. The van der Waals surface area contributed by atoms with Crippen molar-refractivity contribution in [2.24, 2.45) is 5.92 Å². The largest absolute Gasteiger partial charge is 0.469 e. The van der Waals surface area contributed by atoms with Gasteiger partial charge in [-0.25, -0.2) is 0 Å². The van der Waals surface area contributed by atoms with Crippen LogP contribution in [-0.2, 0) is 19.1 Å². The second-order valence-corrected chi connectivity index (χ2v) is 6.57. The molecule has 0 radical (unpaired) electrons. The third-order valence-electron chi connectivity index (χ3n) is 4.83. The molecule has 0 spiro atoms. The minimum absolute atomic E-state index is 0.146. The highest BCUT2D eigenvalue weighted by Gasteiger charge is 2.42. The Morgan fingerprint density at radius 1 is 1.35 bits per heavy atom. The summed E-state index contributed by atoms with van der Waals surface area (Å²) in [4.78, 5) is 23.1. The predicted octanol–water partition coefficient (Wildman–Crippen LogP) is 2.90. The Labute approximate surface area is 138 Å². The summed E-state index contributed by atoms with van der Waals surface area (Å²) in [6, 6.07) is 0. The van der Waals surface area contributed by atoms with Crippen molar-refractivity contribution in [2.45, 2.75) is 70.0 Å². The van der Waals surface area contributed by atoms with E-state index >= 15 is 0 Å². The number of allylic oxidation sites excluding steroid dienone is 1. The van der Waals surface area contributed by atoms with Crippen LogP contribution in [-0.4, -0.2) is 36.4 Å². The van der Waals surface area contributed by atoms with E-state index in [0.29, 0.717) is 25.9 Å². The van der Waals surface area contributed by atoms with Crippen LogP contribution in [0.5, 0.6) is 0 Å². The number of carbonyl (C=O) groups is 2. The van der Waals surface area contributed by atoms with E-state index in [4.69, 9.17) is 4.74 Å². The maximum Gasteiger partial charge on any atom is 0.305 e. The van der Waals surface area contributed by atoms with Crippen molar-refractivity contribution < 1.29 is 24.2 Å². The number of ether oxygens (including phenoxy) is 2. The normalized spacial score (nSPS) is 27.8. The van der Waals surface area contributed by atoms with Crippen LogP contribution in [0.25, 0.3) is 0 Å². The van der Waals surface area contributed by atoms with E-state index in [9.17, 15) is 14.7 Å². The van der Waals surface area contributed by atoms with Crippen LogP contribution in [0.3, 0.4) is 0 Å². The lowest BCUT2D eigenvalue weighted by atomic mass is 9.91. The van der Waals surface area contributed by atoms with E-state index in [1.54, 1.807) is 0 Å². The summed E-state index contributed by atoms with van der Waals surface area (Å²) in [5, 5.41) is 10.6. The highest BCUT2D eigenvalue weighted by molar-refractivity contribution is 5.98. The quantitative estimate of drug-likeness (QED) is 0.549. The standard InChI is InChI=1S/C18H28O5/c1-22-17(20)9-5-3-2-4-8-14-12-15(13-16(14)19)18(21)10-6-7-11-23-18/h12,15,21H,2-11,13H2,1H3. The van der Waals surface area contributed by atoms with Crippen LogP contribution < -0.4 is 0 Å². The lowest BCUT2D eigenvalue weighted by Crippen LogP contribution is -2.42. The SMILES string of the molecule is COC(=O)CCCCCCC1=CC(C2(O)CCCCO2)CC1=O. The topological polar surface area (TPSA) is 72.8 Å². The van der Waals surface area contributed by atoms with E-state index in [0.717, 1.165) is 50.5 Å². The fraction of sp³-hybridized carbons (Fsp3) is 0.778. The Morgan fingerprint density at radius 2 is 2.13 bits per heavy atom. The molecule has 130 valence electrons. The van der Waals surface area contributed by atoms with Crippen molar-refractivity contribution >= 4 is 11.8 Å². The lowest BCUT2D eigenvalue weighted by molar-refractivity contribution is -0.246. The maximum atomic E-state index is 12.1. The smallest absolute Gasteiger partial charge is 0.305 e. The monoisotopic (exact) mass is 324 g/mol. The number of esters is 1. The molecule has 1 aliphatic carbocycles. The molecule has 1 aliphatic heterocycles. The highest BCUT2D eigenvalue weighted by atomic mass is 16.6. The first-order chi connectivity index (χ1) is 11.0. The zero-order valence-electron chi connectivity index (χ0n) is 14.0. The molecule has 5 nitrogen and oxygen atoms in total. The first kappa shape index (κ1) is 18.1. The molecule has 5 heteroatoms. The Kier molecular flexibility index (Phi) is 6.78. The lowest BCUT2D eigenvalue weighted by Gasteiger charge is -2.36. The Balaban J connectivity index is 1.71. The summed E-state index contributed by atoms with van der Waals surface area (Å²) >= 11 is 0. The Bertz CT molecular complexity index is 448. The minimum Gasteiger partial charge on any atom is -0.469 e. The number of hydrogen-bond acceptors (Lipinski definition) is 5. The van der Waals surface area contributed by atoms with Crippen LogP contribution in [0.2, 0.25) is 0 Å². The molecule has 0 aromatic rings. The second kappa shape index (κ2) is 8.60. The average Bonchev–Trinajstić information content (AvgIpc) is 2.93. The zero-order chi connectivity index (χ0) is 16.7. The van der Waals surface area contributed by atoms with Crippen molar-refractivity contribution in [1.82, 2.24) is 0 Å². The average molecular weight is 324 g/mol. The summed E-state index contributed by atoms with van der Waals surface area (Å²) in [5.41, 5.74) is 0.838. The fourth-order valence-electron chi connectivity index (χ4n) is 3.37. The van der Waals surface area contributed by atoms with Crippen LogP contribution in [0, 0.1) is 5.92 Å². The van der Waals surface area contributed by atoms with E-state index in [1.165, 1.54) is 7.11 Å². The molecule has 2 unspecified atom stereocenters. The summed E-state index contributed by atoms with van der Waals surface area (Å²) in [7, 11) is 1.40. The molecule has 23 heavy (non-hydrogen) atoms. The third-order valence-corrected chi connectivity index (χ3v) is 4.83. The molecule has 2 rings (SSSR count). The van der Waals surface area contributed by atoms with Crippen molar-refractivity contribution in [3.05, 3.63) is 11.6 Å². The number of ketones is 1. The number of aliphatic hydroxyl groups is 1. The first-order valence-corrected chi connectivity index (χ1v) is 8.72. The van der Waals surface area contributed by atoms with Gasteiger partial charge in [0.2, 0.25) is 0 Å². The number of methoxy groups -OCH3 is 1. The molecule has 0 aromatic carbocycles. The van der Waals surface area contributed by atoms with Gasteiger partial charge in [0, 0.05) is 25.2 Å². The van der Waals surface area contributed by atoms with Gasteiger partial charge >= 0.3 is 5.97 Å². The fourth-order valence-corrected chi connectivity index (χ4v) is 3.37. The summed E-state index contributed by atoms with van der Waals surface area (Å²) in [6.07, 6.45) is 9.78. The minimum atomic E-state index is -1.14. The number of carbonyl (C=O) groups excluding carboxylic acids is 2. The molecule has 0 bridgehead atoms. The van der Waals surface area contributed by atoms with E-state index < -0.39 is 5.79 Å². The number of rotatable bonds is 8. The maximum absolute atomic E-state index is 12.1. The predicted molar refractivity (Wildman–Crippen MR) is 85.7 cm³/mol. The van der Waals surface area contributed by atoms with Crippen LogP contribution in [0.1, 0.15) is 64.2 Å². The van der Waals surface area contributed by atoms with Gasteiger partial charge in [0.15, 0.2) is 11.6 Å². The number of hydrogen-bond donors (Lipinski definition) is 1. The summed E-state index contributed by atoms with van der Waals surface area (Å²) in [6.45, 7) is 0.574. The highest BCUT2D eigenvalue weighted by Crippen LogP contribution is 2.38. The summed E-state index contributed by atoms with van der Waals surface area (Å²) < 4.78 is 10.2. The molecular weight excluding hydrogens is 296 g/mol. The first-order valence-electron chi connectivity index (χ1n) is 8.72. The molecule has 1 fully saturated rings. The third kappa shape index (κ3) is 5.15. The molecule has 1 heterocycles. The van der Waals surface area contributed by atoms with Gasteiger partial charge in [0.05, 0.1) is 13.7 Å². The van der Waals surface area contributed by atoms with Gasteiger partial charge in [-0.05, 0) is 37.7 Å². The van der Waals surface area contributed by atoms with Gasteiger partial charge in [0.25, 0.3) is 0 Å². The molecule has 0 amide bonds. The zero-order valence-corrected chi connectivity index (χ0v) is 14.0. The second-order valence-electron chi connectivity index (χ2n) is 6.57. The van der Waals surface area contributed by atoms with Crippen LogP contribution in [0.15, 0.2) is 11.6 Å².